The number of hydrogen-bond acceptors (Lipinski definition) is 5. The molecule has 0 bridgehead atoms. The first kappa shape index (κ1) is 22.4. The number of amides is 1. The van der Waals surface area contributed by atoms with Crippen LogP contribution in [-0.2, 0) is 11.3 Å². The van der Waals surface area contributed by atoms with Crippen molar-refractivity contribution in [2.24, 2.45) is 10.9 Å². The predicted octanol–water partition coefficient (Wildman–Crippen LogP) is 5.59. The Morgan fingerprint density at radius 2 is 1.81 bits per heavy atom. The summed E-state index contributed by atoms with van der Waals surface area (Å²) in [6.45, 7) is 7.08. The van der Waals surface area contributed by atoms with Gasteiger partial charge in [0.25, 0.3) is 0 Å². The molecule has 1 atom stereocenters. The van der Waals surface area contributed by atoms with Crippen molar-refractivity contribution in [1.82, 2.24) is 4.90 Å². The van der Waals surface area contributed by atoms with Crippen LogP contribution in [0.5, 0.6) is 11.5 Å². The fraction of sp³-hybridized carbons (Fsp3) is 0.400. The summed E-state index contributed by atoms with van der Waals surface area (Å²) in [4.78, 5) is 18.6. The van der Waals surface area contributed by atoms with Crippen LogP contribution in [0.1, 0.15) is 39.2 Å². The van der Waals surface area contributed by atoms with E-state index in [9.17, 15) is 10.1 Å². The summed E-state index contributed by atoms with van der Waals surface area (Å²) in [5.74, 6) is 1.47. The number of benzene rings is 2. The summed E-state index contributed by atoms with van der Waals surface area (Å²) < 4.78 is 11.3. The maximum Gasteiger partial charge on any atom is 0.410 e. The molecule has 1 heterocycles. The van der Waals surface area contributed by atoms with Crippen LogP contribution < -0.4 is 4.74 Å². The third-order valence-corrected chi connectivity index (χ3v) is 4.91. The number of carbonyl (C=O) groups excluding carboxylic acids is 1. The Balaban J connectivity index is 1.60. The van der Waals surface area contributed by atoms with Crippen LogP contribution in [-0.4, -0.2) is 35.4 Å². The van der Waals surface area contributed by atoms with E-state index in [4.69, 9.17) is 9.47 Å². The van der Waals surface area contributed by atoms with E-state index in [2.05, 4.69) is 11.1 Å². The van der Waals surface area contributed by atoms with Gasteiger partial charge >= 0.3 is 6.09 Å². The molecule has 0 saturated carbocycles. The van der Waals surface area contributed by atoms with Crippen molar-refractivity contribution in [3.63, 3.8) is 0 Å². The lowest BCUT2D eigenvalue weighted by Gasteiger charge is -2.33. The van der Waals surface area contributed by atoms with Gasteiger partial charge in [-0.2, -0.15) is 5.26 Å². The second kappa shape index (κ2) is 10.1. The van der Waals surface area contributed by atoms with Crippen LogP contribution in [0, 0.1) is 17.2 Å². The molecule has 2 aromatic rings. The number of aliphatic imine (C=N–C) groups is 1. The van der Waals surface area contributed by atoms with Crippen molar-refractivity contribution in [2.75, 3.05) is 13.1 Å². The topological polar surface area (TPSA) is 74.9 Å². The predicted molar refractivity (Wildman–Crippen MR) is 120 cm³/mol. The van der Waals surface area contributed by atoms with Crippen LogP contribution in [0.15, 0.2) is 59.6 Å². The highest BCUT2D eigenvalue weighted by Crippen LogP contribution is 2.23. The highest BCUT2D eigenvalue weighted by atomic mass is 16.6. The molecule has 1 aliphatic rings. The molecule has 0 N–H and O–H groups in total. The summed E-state index contributed by atoms with van der Waals surface area (Å²) in [5, 5.41) is 9.64. The van der Waals surface area contributed by atoms with Gasteiger partial charge in [0.1, 0.15) is 28.9 Å². The highest BCUT2D eigenvalue weighted by molar-refractivity contribution is 6.00. The number of rotatable bonds is 5. The molecule has 2 aromatic carbocycles. The molecule has 31 heavy (non-hydrogen) atoms. The van der Waals surface area contributed by atoms with Gasteiger partial charge in [-0.3, -0.25) is 4.99 Å². The normalized spacial score (nSPS) is 17.0. The van der Waals surface area contributed by atoms with Gasteiger partial charge in [0, 0.05) is 19.0 Å². The number of hydrogen-bond donors (Lipinski definition) is 0. The number of likely N-dealkylation sites (tertiary alicyclic amines) is 1. The molecule has 162 valence electrons. The number of para-hydroxylation sites is 1. The average Bonchev–Trinajstić information content (AvgIpc) is 2.75. The molecule has 1 saturated heterocycles. The molecule has 1 aliphatic heterocycles. The monoisotopic (exact) mass is 419 g/mol. The maximum absolute atomic E-state index is 12.4. The van der Waals surface area contributed by atoms with E-state index in [1.54, 1.807) is 4.90 Å². The van der Waals surface area contributed by atoms with E-state index in [-0.39, 0.29) is 12.0 Å². The molecular weight excluding hydrogens is 390 g/mol. The summed E-state index contributed by atoms with van der Waals surface area (Å²) in [6, 6.07) is 19.5. The molecule has 1 amide bonds. The number of carbonyl (C=O) groups is 1. The second-order valence-corrected chi connectivity index (χ2v) is 8.64. The molecule has 3 rings (SSSR count). The summed E-state index contributed by atoms with van der Waals surface area (Å²) in [5.41, 5.74) is 0.942. The van der Waals surface area contributed by atoms with Crippen molar-refractivity contribution in [1.29, 1.82) is 5.26 Å². The van der Waals surface area contributed by atoms with Crippen molar-refractivity contribution >= 4 is 11.8 Å². The molecule has 0 radical (unpaired) electrons. The minimum Gasteiger partial charge on any atom is -0.457 e. The minimum absolute atomic E-state index is 0.0630. The fourth-order valence-electron chi connectivity index (χ4n) is 3.41. The molecule has 1 unspecified atom stereocenters. The summed E-state index contributed by atoms with van der Waals surface area (Å²) >= 11 is 0. The van der Waals surface area contributed by atoms with Crippen LogP contribution in [0.3, 0.4) is 0 Å². The molecule has 6 nitrogen and oxygen atoms in total. The summed E-state index contributed by atoms with van der Waals surface area (Å²) in [7, 11) is 0. The molecule has 0 aromatic heterocycles. The van der Waals surface area contributed by atoms with E-state index >= 15 is 0 Å². The van der Waals surface area contributed by atoms with E-state index in [0.29, 0.717) is 25.3 Å². The van der Waals surface area contributed by atoms with Crippen molar-refractivity contribution < 1.29 is 14.3 Å². The van der Waals surface area contributed by atoms with Crippen molar-refractivity contribution in [3.8, 4) is 17.6 Å². The fourth-order valence-corrected chi connectivity index (χ4v) is 3.41. The van der Waals surface area contributed by atoms with Gasteiger partial charge in [-0.25, -0.2) is 4.79 Å². The van der Waals surface area contributed by atoms with Crippen LogP contribution >= 0.6 is 0 Å². The van der Waals surface area contributed by atoms with E-state index in [0.717, 1.165) is 29.9 Å². The molecule has 6 heteroatoms. The lowest BCUT2D eigenvalue weighted by atomic mass is 9.94. The highest BCUT2D eigenvalue weighted by Gasteiger charge is 2.30. The lowest BCUT2D eigenvalue weighted by Crippen LogP contribution is -2.44. The zero-order valence-corrected chi connectivity index (χ0v) is 18.4. The van der Waals surface area contributed by atoms with Gasteiger partial charge in [0.2, 0.25) is 0 Å². The Morgan fingerprint density at radius 1 is 1.13 bits per heavy atom. The lowest BCUT2D eigenvalue weighted by molar-refractivity contribution is 0.0194. The number of ether oxygens (including phenoxy) is 2. The maximum atomic E-state index is 12.4. The number of nitrogens with zero attached hydrogens (tertiary/aromatic N) is 3. The Hall–Kier alpha value is -3.33. The van der Waals surface area contributed by atoms with Gasteiger partial charge in [-0.05, 0) is 63.4 Å². The third-order valence-electron chi connectivity index (χ3n) is 4.91. The smallest absolute Gasteiger partial charge is 0.410 e. The number of nitriles is 1. The zero-order chi connectivity index (χ0) is 22.3. The molecule has 0 aliphatic carbocycles. The Kier molecular flexibility index (Phi) is 7.30. The van der Waals surface area contributed by atoms with E-state index in [1.807, 2.05) is 75.4 Å². The van der Waals surface area contributed by atoms with Crippen molar-refractivity contribution in [2.45, 2.75) is 45.8 Å². The Labute approximate surface area is 184 Å². The first-order valence-electron chi connectivity index (χ1n) is 10.6. The average molecular weight is 420 g/mol. The van der Waals surface area contributed by atoms with Gasteiger partial charge in [0.05, 0.1) is 6.54 Å². The third kappa shape index (κ3) is 6.85. The Morgan fingerprint density at radius 3 is 2.45 bits per heavy atom. The molecule has 0 spiro atoms. The quantitative estimate of drug-likeness (QED) is 0.592. The van der Waals surface area contributed by atoms with Gasteiger partial charge < -0.3 is 14.4 Å². The zero-order valence-electron chi connectivity index (χ0n) is 18.4. The first-order chi connectivity index (χ1) is 14.8. The Bertz CT molecular complexity index is 941. The first-order valence-corrected chi connectivity index (χ1v) is 10.6. The SMILES string of the molecule is CC(C)(C)OC(=O)N1CCCC(C(C#N)=NCc2ccc(Oc3ccccc3)cc2)C1. The van der Waals surface area contributed by atoms with Crippen LogP contribution in [0.25, 0.3) is 0 Å². The number of piperidine rings is 1. The molecule has 1 fully saturated rings. The largest absolute Gasteiger partial charge is 0.457 e. The van der Waals surface area contributed by atoms with Gasteiger partial charge in [-0.1, -0.05) is 30.3 Å². The van der Waals surface area contributed by atoms with Gasteiger partial charge in [0.15, 0.2) is 0 Å². The molecular formula is C25H29N3O3. The van der Waals surface area contributed by atoms with E-state index in [1.165, 1.54) is 0 Å². The minimum atomic E-state index is -0.535. The van der Waals surface area contributed by atoms with E-state index < -0.39 is 5.60 Å². The standard InChI is InChI=1S/C25H29N3O3/c1-25(2,3)31-24(29)28-15-7-8-20(18-28)23(16-26)27-17-19-11-13-22(14-12-19)30-21-9-5-4-6-10-21/h4-6,9-14,20H,7-8,15,17-18H2,1-3H3. The van der Waals surface area contributed by atoms with Crippen LogP contribution in [0.4, 0.5) is 4.79 Å². The summed E-state index contributed by atoms with van der Waals surface area (Å²) in [6.07, 6.45) is 1.34. The van der Waals surface area contributed by atoms with Crippen LogP contribution in [0.2, 0.25) is 0 Å². The van der Waals surface area contributed by atoms with Gasteiger partial charge in [-0.15, -0.1) is 0 Å². The second-order valence-electron chi connectivity index (χ2n) is 8.64. The van der Waals surface area contributed by atoms with Crippen molar-refractivity contribution in [3.05, 3.63) is 60.2 Å².